The number of furan rings is 1. The van der Waals surface area contributed by atoms with Crippen molar-refractivity contribution < 1.29 is 23.8 Å². The predicted octanol–water partition coefficient (Wildman–Crippen LogP) is 6.19. The Labute approximate surface area is 200 Å². The lowest BCUT2D eigenvalue weighted by Crippen LogP contribution is -2.31. The number of hydrogen-bond acceptors (Lipinski definition) is 5. The molecule has 4 aromatic rings. The number of nitrogens with zero attached hydrogens (tertiary/aromatic N) is 1. The number of anilines is 1. The number of fused-ring (bicyclic) bond motifs is 1. The molecule has 0 fully saturated rings. The molecule has 0 radical (unpaired) electrons. The van der Waals surface area contributed by atoms with Crippen molar-refractivity contribution in [2.24, 2.45) is 0 Å². The van der Waals surface area contributed by atoms with Gasteiger partial charge >= 0.3 is 0 Å². The zero-order valence-electron chi connectivity index (χ0n) is 18.4. The Balaban J connectivity index is 1.65. The molecule has 0 saturated carbocycles. The van der Waals surface area contributed by atoms with Gasteiger partial charge in [0.05, 0.1) is 18.7 Å². The van der Waals surface area contributed by atoms with Gasteiger partial charge in [0.15, 0.2) is 22.9 Å². The van der Waals surface area contributed by atoms with Crippen LogP contribution < -0.4 is 9.64 Å². The van der Waals surface area contributed by atoms with Gasteiger partial charge in [-0.2, -0.15) is 0 Å². The minimum Gasteiger partial charge on any atom is -0.503 e. The van der Waals surface area contributed by atoms with Gasteiger partial charge in [0, 0.05) is 22.2 Å². The summed E-state index contributed by atoms with van der Waals surface area (Å²) in [4.78, 5) is 28.4. The summed E-state index contributed by atoms with van der Waals surface area (Å²) < 4.78 is 11.2. The lowest BCUT2D eigenvalue weighted by molar-refractivity contribution is -0.117. The first-order valence-corrected chi connectivity index (χ1v) is 11.0. The molecule has 0 aliphatic carbocycles. The van der Waals surface area contributed by atoms with Crippen molar-refractivity contribution >= 4 is 39.9 Å². The number of hydrogen-bond donors (Lipinski definition) is 1. The average molecular weight is 474 g/mol. The number of aliphatic hydroxyl groups is 1. The molecule has 5 rings (SSSR count). The zero-order chi connectivity index (χ0) is 24.0. The van der Waals surface area contributed by atoms with Crippen LogP contribution >= 0.6 is 11.6 Å². The quantitative estimate of drug-likeness (QED) is 0.350. The number of ketones is 1. The number of benzene rings is 3. The number of aryl methyl sites for hydroxylation is 1. The number of methoxy groups -OCH3 is 1. The highest BCUT2D eigenvalue weighted by molar-refractivity contribution is 6.31. The molecule has 6 nitrogen and oxygen atoms in total. The summed E-state index contributed by atoms with van der Waals surface area (Å²) in [5.41, 5.74) is 2.57. The molecular formula is C27H20ClNO5. The third-order valence-corrected chi connectivity index (χ3v) is 6.09. The Morgan fingerprint density at radius 1 is 1.06 bits per heavy atom. The smallest absolute Gasteiger partial charge is 0.294 e. The van der Waals surface area contributed by atoms with Crippen molar-refractivity contribution in [3.63, 3.8) is 0 Å². The minimum atomic E-state index is -0.831. The molecule has 1 amide bonds. The van der Waals surface area contributed by atoms with Crippen molar-refractivity contribution in [1.82, 2.24) is 0 Å². The lowest BCUT2D eigenvalue weighted by Gasteiger charge is -2.26. The van der Waals surface area contributed by atoms with Gasteiger partial charge in [-0.25, -0.2) is 0 Å². The summed E-state index contributed by atoms with van der Waals surface area (Å²) in [6.07, 6.45) is 0. The van der Waals surface area contributed by atoms with Gasteiger partial charge < -0.3 is 14.3 Å². The SMILES string of the molecule is COc1cc(Cl)cc2cc(C(=O)C3=C(O)C(=O)N(c4ccc(C)cc4)C3c3ccccc3)oc12. The van der Waals surface area contributed by atoms with Gasteiger partial charge in [-0.3, -0.25) is 14.5 Å². The van der Waals surface area contributed by atoms with E-state index in [1.165, 1.54) is 18.1 Å². The molecule has 1 aromatic heterocycles. The van der Waals surface area contributed by atoms with E-state index in [0.717, 1.165) is 5.56 Å². The van der Waals surface area contributed by atoms with E-state index < -0.39 is 23.5 Å². The summed E-state index contributed by atoms with van der Waals surface area (Å²) in [7, 11) is 1.48. The maximum absolute atomic E-state index is 13.7. The van der Waals surface area contributed by atoms with Crippen molar-refractivity contribution in [1.29, 1.82) is 0 Å². The predicted molar refractivity (Wildman–Crippen MR) is 130 cm³/mol. The number of ether oxygens (including phenoxy) is 1. The van der Waals surface area contributed by atoms with Crippen LogP contribution in [0, 0.1) is 6.92 Å². The maximum atomic E-state index is 13.7. The van der Waals surface area contributed by atoms with Gasteiger partial charge in [-0.15, -0.1) is 0 Å². The van der Waals surface area contributed by atoms with Crippen LogP contribution in [-0.4, -0.2) is 23.9 Å². The van der Waals surface area contributed by atoms with Crippen molar-refractivity contribution in [3.05, 3.63) is 106 Å². The summed E-state index contributed by atoms with van der Waals surface area (Å²) >= 11 is 6.15. The number of halogens is 1. The minimum absolute atomic E-state index is 0.0309. The second kappa shape index (κ2) is 8.39. The number of Topliss-reactive ketones (excluding diaryl/α,β-unsaturated/α-hetero) is 1. The largest absolute Gasteiger partial charge is 0.503 e. The molecule has 1 unspecified atom stereocenters. The maximum Gasteiger partial charge on any atom is 0.294 e. The van der Waals surface area contributed by atoms with Gasteiger partial charge in [0.25, 0.3) is 5.91 Å². The van der Waals surface area contributed by atoms with Gasteiger partial charge in [0.2, 0.25) is 5.78 Å². The van der Waals surface area contributed by atoms with Crippen LogP contribution in [0.2, 0.25) is 5.02 Å². The van der Waals surface area contributed by atoms with Gasteiger partial charge in [-0.05, 0) is 36.8 Å². The molecule has 7 heteroatoms. The average Bonchev–Trinajstić information content (AvgIpc) is 3.38. The topological polar surface area (TPSA) is 80.0 Å². The molecule has 34 heavy (non-hydrogen) atoms. The molecule has 1 aliphatic heterocycles. The van der Waals surface area contributed by atoms with E-state index in [1.807, 2.05) is 49.4 Å². The Morgan fingerprint density at radius 2 is 1.76 bits per heavy atom. The third-order valence-electron chi connectivity index (χ3n) is 5.87. The first kappa shape index (κ1) is 21.8. The van der Waals surface area contributed by atoms with E-state index in [1.54, 1.807) is 24.3 Å². The fourth-order valence-corrected chi connectivity index (χ4v) is 4.46. The molecule has 1 aliphatic rings. The van der Waals surface area contributed by atoms with Crippen molar-refractivity contribution in [2.45, 2.75) is 13.0 Å². The fraction of sp³-hybridized carbons (Fsp3) is 0.111. The zero-order valence-corrected chi connectivity index (χ0v) is 19.2. The van der Waals surface area contributed by atoms with E-state index in [-0.39, 0.29) is 11.3 Å². The Morgan fingerprint density at radius 3 is 2.44 bits per heavy atom. The summed E-state index contributed by atoms with van der Waals surface area (Å²) in [5.74, 6) is -1.51. The number of carbonyl (C=O) groups excluding carboxylic acids is 2. The van der Waals surface area contributed by atoms with E-state index in [4.69, 9.17) is 20.8 Å². The fourth-order valence-electron chi connectivity index (χ4n) is 4.24. The highest BCUT2D eigenvalue weighted by Crippen LogP contribution is 2.43. The van der Waals surface area contributed by atoms with Crippen LogP contribution in [0.15, 0.2) is 88.5 Å². The van der Waals surface area contributed by atoms with Gasteiger partial charge in [-0.1, -0.05) is 59.6 Å². The Hall–Kier alpha value is -4.03. The van der Waals surface area contributed by atoms with E-state index in [0.29, 0.717) is 33.0 Å². The van der Waals surface area contributed by atoms with Crippen molar-refractivity contribution in [3.8, 4) is 5.75 Å². The number of amides is 1. The summed E-state index contributed by atoms with van der Waals surface area (Å²) in [6.45, 7) is 1.94. The van der Waals surface area contributed by atoms with Gasteiger partial charge in [0.1, 0.15) is 0 Å². The lowest BCUT2D eigenvalue weighted by atomic mass is 9.94. The first-order valence-electron chi connectivity index (χ1n) is 10.6. The molecule has 0 bridgehead atoms. The standard InChI is InChI=1S/C27H20ClNO5/c1-15-8-10-19(11-9-15)29-23(16-6-4-3-5-7-16)22(25(31)27(29)32)24(30)20-13-17-12-18(28)14-21(33-2)26(17)34-20/h3-14,23,31H,1-2H3. The molecule has 2 heterocycles. The van der Waals surface area contributed by atoms with E-state index in [2.05, 4.69) is 0 Å². The van der Waals surface area contributed by atoms with Crippen molar-refractivity contribution in [2.75, 3.05) is 12.0 Å². The second-order valence-electron chi connectivity index (χ2n) is 8.05. The van der Waals surface area contributed by atoms with Crippen LogP contribution in [0.25, 0.3) is 11.0 Å². The summed E-state index contributed by atoms with van der Waals surface area (Å²) in [6, 6.07) is 20.4. The number of carbonyl (C=O) groups is 2. The van der Waals surface area contributed by atoms with Crippen LogP contribution in [0.3, 0.4) is 0 Å². The Kier molecular flexibility index (Phi) is 5.38. The normalized spacial score (nSPS) is 15.9. The highest BCUT2D eigenvalue weighted by Gasteiger charge is 2.45. The monoisotopic (exact) mass is 473 g/mol. The van der Waals surface area contributed by atoms with Crippen LogP contribution in [0.4, 0.5) is 5.69 Å². The second-order valence-corrected chi connectivity index (χ2v) is 8.49. The molecule has 1 N–H and O–H groups in total. The Bertz CT molecular complexity index is 1450. The van der Waals surface area contributed by atoms with Crippen LogP contribution in [0.1, 0.15) is 27.7 Å². The molecule has 3 aromatic carbocycles. The third kappa shape index (κ3) is 3.53. The first-order chi connectivity index (χ1) is 16.4. The highest BCUT2D eigenvalue weighted by atomic mass is 35.5. The molecule has 0 spiro atoms. The molecule has 0 saturated heterocycles. The van der Waals surface area contributed by atoms with Crippen LogP contribution in [0.5, 0.6) is 5.75 Å². The number of rotatable bonds is 5. The molecule has 170 valence electrons. The van der Waals surface area contributed by atoms with Crippen LogP contribution in [-0.2, 0) is 4.79 Å². The molecule has 1 atom stereocenters. The number of aliphatic hydroxyl groups excluding tert-OH is 1. The molecular weight excluding hydrogens is 454 g/mol. The summed E-state index contributed by atoms with van der Waals surface area (Å²) in [5, 5.41) is 11.9. The van der Waals surface area contributed by atoms with E-state index in [9.17, 15) is 14.7 Å². The van der Waals surface area contributed by atoms with E-state index >= 15 is 0 Å².